The van der Waals surface area contributed by atoms with Gasteiger partial charge in [-0.15, -0.1) is 11.3 Å². The fraction of sp³-hybridized carbons (Fsp3) is 0.533. The minimum atomic E-state index is 0.101. The van der Waals surface area contributed by atoms with E-state index in [2.05, 4.69) is 16.9 Å². The average molecular weight is 324 g/mol. The number of aryl methyl sites for hydroxylation is 2. The van der Waals surface area contributed by atoms with Gasteiger partial charge in [-0.1, -0.05) is 18.5 Å². The summed E-state index contributed by atoms with van der Waals surface area (Å²) in [6.45, 7) is 7.32. The third-order valence-corrected chi connectivity index (χ3v) is 5.54. The predicted octanol–water partition coefficient (Wildman–Crippen LogP) is 3.72. The summed E-state index contributed by atoms with van der Waals surface area (Å²) < 4.78 is 0. The van der Waals surface area contributed by atoms with Gasteiger partial charge in [0.15, 0.2) is 5.82 Å². The molecule has 2 aromatic heterocycles. The number of hydrogen-bond acceptors (Lipinski definition) is 4. The first-order chi connectivity index (χ1) is 9.97. The summed E-state index contributed by atoms with van der Waals surface area (Å²) in [6.07, 6.45) is 2.01. The number of thiophene rings is 1. The lowest BCUT2D eigenvalue weighted by Crippen LogP contribution is -2.39. The van der Waals surface area contributed by atoms with Crippen LogP contribution in [0.3, 0.4) is 0 Å². The zero-order valence-electron chi connectivity index (χ0n) is 12.4. The molecule has 1 aliphatic heterocycles. The van der Waals surface area contributed by atoms with Crippen LogP contribution in [0.4, 0.5) is 0 Å². The zero-order valence-corrected chi connectivity index (χ0v) is 14.0. The van der Waals surface area contributed by atoms with E-state index in [0.717, 1.165) is 35.2 Å². The van der Waals surface area contributed by atoms with Crippen molar-refractivity contribution in [1.29, 1.82) is 0 Å². The molecule has 0 saturated carbocycles. The summed E-state index contributed by atoms with van der Waals surface area (Å²) >= 11 is 7.95. The molecule has 0 bridgehead atoms. The zero-order chi connectivity index (χ0) is 15.1. The molecule has 112 valence electrons. The molecule has 0 N–H and O–H groups in total. The standard InChI is InChI=1S/C15H18ClN3OS/c1-8-5-4-6-19(15(8)20)7-11-17-13(16)12-9(2)10(3)21-14(12)18-11/h8H,4-7H2,1-3H3. The quantitative estimate of drug-likeness (QED) is 0.791. The van der Waals surface area contributed by atoms with Crippen LogP contribution >= 0.6 is 22.9 Å². The van der Waals surface area contributed by atoms with Crippen molar-refractivity contribution in [2.24, 2.45) is 5.92 Å². The first-order valence-corrected chi connectivity index (χ1v) is 8.37. The molecule has 1 fully saturated rings. The largest absolute Gasteiger partial charge is 0.335 e. The molecule has 0 aromatic carbocycles. The molecular formula is C15H18ClN3OS. The van der Waals surface area contributed by atoms with Gasteiger partial charge in [0, 0.05) is 17.3 Å². The van der Waals surface area contributed by atoms with Crippen molar-refractivity contribution in [3.8, 4) is 0 Å². The Morgan fingerprint density at radius 2 is 2.14 bits per heavy atom. The normalized spacial score (nSPS) is 19.5. The van der Waals surface area contributed by atoms with Crippen LogP contribution in [0.2, 0.25) is 5.15 Å². The summed E-state index contributed by atoms with van der Waals surface area (Å²) in [6, 6.07) is 0. The Morgan fingerprint density at radius 1 is 1.38 bits per heavy atom. The van der Waals surface area contributed by atoms with Gasteiger partial charge in [0.2, 0.25) is 5.91 Å². The van der Waals surface area contributed by atoms with Crippen molar-refractivity contribution in [2.45, 2.75) is 40.2 Å². The number of aromatic nitrogens is 2. The third-order valence-electron chi connectivity index (χ3n) is 4.16. The highest BCUT2D eigenvalue weighted by atomic mass is 35.5. The molecule has 0 spiro atoms. The molecule has 1 aliphatic rings. The molecule has 1 unspecified atom stereocenters. The second kappa shape index (κ2) is 5.54. The van der Waals surface area contributed by atoms with E-state index in [0.29, 0.717) is 17.5 Å². The lowest BCUT2D eigenvalue weighted by molar-refractivity contribution is -0.138. The maximum atomic E-state index is 12.2. The fourth-order valence-electron chi connectivity index (χ4n) is 2.77. The molecular weight excluding hydrogens is 306 g/mol. The van der Waals surface area contributed by atoms with Crippen molar-refractivity contribution >= 4 is 39.1 Å². The van der Waals surface area contributed by atoms with Crippen LogP contribution in [0.5, 0.6) is 0 Å². The highest BCUT2D eigenvalue weighted by Gasteiger charge is 2.26. The van der Waals surface area contributed by atoms with Crippen LogP contribution < -0.4 is 0 Å². The first kappa shape index (κ1) is 14.7. The molecule has 3 rings (SSSR count). The smallest absolute Gasteiger partial charge is 0.225 e. The molecule has 4 nitrogen and oxygen atoms in total. The monoisotopic (exact) mass is 323 g/mol. The van der Waals surface area contributed by atoms with Crippen molar-refractivity contribution in [3.05, 3.63) is 21.4 Å². The predicted molar refractivity (Wildman–Crippen MR) is 85.7 cm³/mol. The van der Waals surface area contributed by atoms with E-state index >= 15 is 0 Å². The van der Waals surface area contributed by atoms with Gasteiger partial charge in [-0.25, -0.2) is 9.97 Å². The highest BCUT2D eigenvalue weighted by molar-refractivity contribution is 7.18. The van der Waals surface area contributed by atoms with Gasteiger partial charge in [0.05, 0.1) is 11.9 Å². The van der Waals surface area contributed by atoms with E-state index < -0.39 is 0 Å². The van der Waals surface area contributed by atoms with Crippen LogP contribution in [0.25, 0.3) is 10.2 Å². The SMILES string of the molecule is Cc1sc2nc(CN3CCCC(C)C3=O)nc(Cl)c2c1C. The molecule has 0 radical (unpaired) electrons. The van der Waals surface area contributed by atoms with Gasteiger partial charge in [-0.3, -0.25) is 4.79 Å². The topological polar surface area (TPSA) is 46.1 Å². The minimum Gasteiger partial charge on any atom is -0.335 e. The van der Waals surface area contributed by atoms with Crippen molar-refractivity contribution in [3.63, 3.8) is 0 Å². The maximum absolute atomic E-state index is 12.2. The number of halogens is 1. The highest BCUT2D eigenvalue weighted by Crippen LogP contribution is 2.33. The summed E-state index contributed by atoms with van der Waals surface area (Å²) in [5.74, 6) is 0.931. The van der Waals surface area contributed by atoms with E-state index in [-0.39, 0.29) is 11.8 Å². The Kier molecular flexibility index (Phi) is 3.88. The summed E-state index contributed by atoms with van der Waals surface area (Å²) in [5.41, 5.74) is 1.15. The number of rotatable bonds is 2. The van der Waals surface area contributed by atoms with Crippen LogP contribution in [0.1, 0.15) is 36.0 Å². The molecule has 1 amide bonds. The Hall–Kier alpha value is -1.20. The van der Waals surface area contributed by atoms with Gasteiger partial charge in [0.25, 0.3) is 0 Å². The van der Waals surface area contributed by atoms with E-state index in [4.69, 9.17) is 11.6 Å². The summed E-state index contributed by atoms with van der Waals surface area (Å²) in [4.78, 5) is 25.1. The van der Waals surface area contributed by atoms with Gasteiger partial charge in [-0.05, 0) is 32.3 Å². The Morgan fingerprint density at radius 3 is 2.90 bits per heavy atom. The van der Waals surface area contributed by atoms with Crippen LogP contribution in [0, 0.1) is 19.8 Å². The average Bonchev–Trinajstić information content (AvgIpc) is 2.71. The van der Waals surface area contributed by atoms with Gasteiger partial charge in [-0.2, -0.15) is 0 Å². The number of likely N-dealkylation sites (tertiary alicyclic amines) is 1. The number of hydrogen-bond donors (Lipinski definition) is 0. The lowest BCUT2D eigenvalue weighted by Gasteiger charge is -2.30. The molecule has 6 heteroatoms. The van der Waals surface area contributed by atoms with Crippen LogP contribution in [-0.2, 0) is 11.3 Å². The van der Waals surface area contributed by atoms with Crippen LogP contribution in [0.15, 0.2) is 0 Å². The molecule has 2 aromatic rings. The third kappa shape index (κ3) is 2.64. The van der Waals surface area contributed by atoms with Crippen molar-refractivity contribution in [2.75, 3.05) is 6.54 Å². The molecule has 0 aliphatic carbocycles. The first-order valence-electron chi connectivity index (χ1n) is 7.18. The van der Waals surface area contributed by atoms with E-state index in [1.807, 2.05) is 18.7 Å². The Bertz CT molecular complexity index is 712. The van der Waals surface area contributed by atoms with Gasteiger partial charge in [0.1, 0.15) is 9.98 Å². The second-order valence-electron chi connectivity index (χ2n) is 5.70. The van der Waals surface area contributed by atoms with Crippen LogP contribution in [-0.4, -0.2) is 27.3 Å². The van der Waals surface area contributed by atoms with Gasteiger partial charge >= 0.3 is 0 Å². The maximum Gasteiger partial charge on any atom is 0.225 e. The van der Waals surface area contributed by atoms with Gasteiger partial charge < -0.3 is 4.90 Å². The molecule has 3 heterocycles. The summed E-state index contributed by atoms with van der Waals surface area (Å²) in [5, 5.41) is 1.44. The number of nitrogens with zero attached hydrogens (tertiary/aromatic N) is 3. The number of carbonyl (C=O) groups is 1. The molecule has 21 heavy (non-hydrogen) atoms. The molecule has 1 atom stereocenters. The summed E-state index contributed by atoms with van der Waals surface area (Å²) in [7, 11) is 0. The molecule has 1 saturated heterocycles. The number of fused-ring (bicyclic) bond motifs is 1. The Labute approximate surface area is 133 Å². The number of piperidine rings is 1. The van der Waals surface area contributed by atoms with E-state index in [9.17, 15) is 4.79 Å². The minimum absolute atomic E-state index is 0.101. The fourth-order valence-corrected chi connectivity index (χ4v) is 4.21. The van der Waals surface area contributed by atoms with E-state index in [1.165, 1.54) is 4.88 Å². The second-order valence-corrected chi connectivity index (χ2v) is 7.26. The number of amides is 1. The van der Waals surface area contributed by atoms with E-state index in [1.54, 1.807) is 11.3 Å². The van der Waals surface area contributed by atoms with Crippen molar-refractivity contribution < 1.29 is 4.79 Å². The lowest BCUT2D eigenvalue weighted by atomic mass is 9.99. The number of carbonyl (C=O) groups excluding carboxylic acids is 1. The van der Waals surface area contributed by atoms with Crippen molar-refractivity contribution in [1.82, 2.24) is 14.9 Å². The Balaban J connectivity index is 1.93.